The minimum Gasteiger partial charge on any atom is -0.270 e. The van der Waals surface area contributed by atoms with Crippen molar-refractivity contribution in [2.45, 2.75) is 33.1 Å². The number of rotatable bonds is 5. The molecule has 2 heteroatoms. The van der Waals surface area contributed by atoms with E-state index < -0.39 is 0 Å². The summed E-state index contributed by atoms with van der Waals surface area (Å²) >= 11 is 0. The number of benzene rings is 1. The average molecular weight is 219 g/mol. The fourth-order valence-electron chi connectivity index (χ4n) is 1.52. The van der Waals surface area contributed by atoms with E-state index in [0.29, 0.717) is 12.0 Å². The van der Waals surface area contributed by atoms with E-state index in [1.165, 1.54) is 0 Å². The van der Waals surface area contributed by atoms with Crippen LogP contribution in [0.15, 0.2) is 35.0 Å². The number of allylic oxidation sites excluding steroid dienone is 2. The number of halogens is 1. The molecular formula is C14H18FN. The quantitative estimate of drug-likeness (QED) is 0.665. The second kappa shape index (κ2) is 6.21. The monoisotopic (exact) mass is 219 g/mol. The summed E-state index contributed by atoms with van der Waals surface area (Å²) in [5, 5.41) is 0. The summed E-state index contributed by atoms with van der Waals surface area (Å²) in [6, 6.07) is 5.48. The molecule has 86 valence electrons. The molecule has 0 spiro atoms. The topological polar surface area (TPSA) is 12.4 Å². The lowest BCUT2D eigenvalue weighted by Gasteiger charge is -2.03. The van der Waals surface area contributed by atoms with Gasteiger partial charge in [-0.3, -0.25) is 4.99 Å². The van der Waals surface area contributed by atoms with Crippen molar-refractivity contribution < 1.29 is 4.39 Å². The van der Waals surface area contributed by atoms with Crippen molar-refractivity contribution in [3.05, 3.63) is 46.9 Å². The molecule has 1 aromatic carbocycles. The van der Waals surface area contributed by atoms with Crippen LogP contribution in [0.3, 0.4) is 0 Å². The highest BCUT2D eigenvalue weighted by Gasteiger charge is 2.02. The molecule has 1 nitrogen and oxygen atoms in total. The van der Waals surface area contributed by atoms with Gasteiger partial charge in [0.2, 0.25) is 0 Å². The van der Waals surface area contributed by atoms with Crippen LogP contribution in [-0.2, 0) is 12.8 Å². The van der Waals surface area contributed by atoms with Crippen LogP contribution in [0.2, 0.25) is 0 Å². The summed E-state index contributed by atoms with van der Waals surface area (Å²) in [6.45, 7) is 7.37. The number of aryl methyl sites for hydroxylation is 1. The van der Waals surface area contributed by atoms with Gasteiger partial charge in [0.1, 0.15) is 5.82 Å². The van der Waals surface area contributed by atoms with Crippen molar-refractivity contribution in [3.63, 3.8) is 0 Å². The normalized spacial score (nSPS) is 11.6. The Balaban J connectivity index is 2.79. The van der Waals surface area contributed by atoms with Crippen molar-refractivity contribution in [1.82, 2.24) is 0 Å². The molecular weight excluding hydrogens is 201 g/mol. The van der Waals surface area contributed by atoms with Gasteiger partial charge in [0.05, 0.1) is 0 Å². The summed E-state index contributed by atoms with van der Waals surface area (Å²) in [5.41, 5.74) is 2.60. The Kier molecular flexibility index (Phi) is 4.90. The zero-order valence-corrected chi connectivity index (χ0v) is 9.96. The second-order valence-electron chi connectivity index (χ2n) is 3.88. The molecule has 16 heavy (non-hydrogen) atoms. The van der Waals surface area contributed by atoms with E-state index in [1.807, 2.05) is 25.1 Å². The number of aliphatic imine (C=N–C) groups is 1. The van der Waals surface area contributed by atoms with Crippen LogP contribution in [0.4, 0.5) is 4.39 Å². The third kappa shape index (κ3) is 3.61. The van der Waals surface area contributed by atoms with E-state index in [1.54, 1.807) is 6.07 Å². The van der Waals surface area contributed by atoms with Crippen LogP contribution in [-0.4, -0.2) is 6.72 Å². The van der Waals surface area contributed by atoms with Crippen molar-refractivity contribution in [2.75, 3.05) is 0 Å². The Bertz CT molecular complexity index is 394. The Labute approximate surface area is 96.7 Å². The maximum atomic E-state index is 13.7. The molecule has 0 saturated carbocycles. The van der Waals surface area contributed by atoms with E-state index >= 15 is 0 Å². The maximum absolute atomic E-state index is 13.7. The highest BCUT2D eigenvalue weighted by atomic mass is 19.1. The van der Waals surface area contributed by atoms with E-state index in [2.05, 4.69) is 18.6 Å². The van der Waals surface area contributed by atoms with E-state index in [9.17, 15) is 4.39 Å². The van der Waals surface area contributed by atoms with Gasteiger partial charge >= 0.3 is 0 Å². The van der Waals surface area contributed by atoms with Crippen LogP contribution in [0.25, 0.3) is 0 Å². The zero-order valence-electron chi connectivity index (χ0n) is 9.96. The van der Waals surface area contributed by atoms with Gasteiger partial charge in [-0.05, 0) is 43.7 Å². The van der Waals surface area contributed by atoms with Crippen molar-refractivity contribution >= 4 is 6.72 Å². The first-order valence-electron chi connectivity index (χ1n) is 5.58. The number of hydrogen-bond acceptors (Lipinski definition) is 1. The van der Waals surface area contributed by atoms with Crippen LogP contribution >= 0.6 is 0 Å². The Morgan fingerprint density at radius 1 is 1.50 bits per heavy atom. The third-order valence-electron chi connectivity index (χ3n) is 2.52. The third-order valence-corrected chi connectivity index (χ3v) is 2.52. The molecule has 1 aromatic rings. The van der Waals surface area contributed by atoms with Crippen LogP contribution in [0.5, 0.6) is 0 Å². The van der Waals surface area contributed by atoms with Gasteiger partial charge in [0.25, 0.3) is 0 Å². The Morgan fingerprint density at radius 2 is 2.25 bits per heavy atom. The molecule has 0 fully saturated rings. The molecule has 0 aliphatic rings. The molecule has 0 N–H and O–H groups in total. The van der Waals surface area contributed by atoms with Gasteiger partial charge < -0.3 is 0 Å². The molecule has 0 bridgehead atoms. The van der Waals surface area contributed by atoms with Crippen molar-refractivity contribution in [1.29, 1.82) is 0 Å². The fourth-order valence-corrected chi connectivity index (χ4v) is 1.52. The highest BCUT2D eigenvalue weighted by Crippen LogP contribution is 2.13. The minimum absolute atomic E-state index is 0.126. The van der Waals surface area contributed by atoms with Crippen LogP contribution < -0.4 is 0 Å². The van der Waals surface area contributed by atoms with Gasteiger partial charge in [-0.1, -0.05) is 31.6 Å². The van der Waals surface area contributed by atoms with Gasteiger partial charge in [0.15, 0.2) is 0 Å². The molecule has 0 aliphatic heterocycles. The zero-order chi connectivity index (χ0) is 12.0. The van der Waals surface area contributed by atoms with Gasteiger partial charge in [-0.25, -0.2) is 4.39 Å². The summed E-state index contributed by atoms with van der Waals surface area (Å²) in [4.78, 5) is 3.77. The maximum Gasteiger partial charge on any atom is 0.126 e. The van der Waals surface area contributed by atoms with E-state index in [4.69, 9.17) is 0 Å². The summed E-state index contributed by atoms with van der Waals surface area (Å²) in [7, 11) is 0. The first-order valence-corrected chi connectivity index (χ1v) is 5.58. The molecule has 0 unspecified atom stereocenters. The highest BCUT2D eigenvalue weighted by molar-refractivity contribution is 5.30. The predicted molar refractivity (Wildman–Crippen MR) is 67.4 cm³/mol. The summed E-state index contributed by atoms with van der Waals surface area (Å²) in [5.74, 6) is -0.126. The lowest BCUT2D eigenvalue weighted by Crippen LogP contribution is -1.92. The fraction of sp³-hybridized carbons (Fsp3) is 0.357. The number of nitrogens with zero attached hydrogens (tertiary/aromatic N) is 1. The minimum atomic E-state index is -0.126. The molecule has 0 aromatic heterocycles. The Morgan fingerprint density at radius 3 is 2.81 bits per heavy atom. The predicted octanol–water partition coefficient (Wildman–Crippen LogP) is 3.93. The smallest absolute Gasteiger partial charge is 0.126 e. The van der Waals surface area contributed by atoms with Crippen molar-refractivity contribution in [3.8, 4) is 0 Å². The average Bonchev–Trinajstić information content (AvgIpc) is 2.28. The van der Waals surface area contributed by atoms with Crippen molar-refractivity contribution in [2.24, 2.45) is 4.99 Å². The number of hydrogen-bond donors (Lipinski definition) is 0. The van der Waals surface area contributed by atoms with Gasteiger partial charge in [0, 0.05) is 5.70 Å². The summed E-state index contributed by atoms with van der Waals surface area (Å²) < 4.78 is 13.7. The lowest BCUT2D eigenvalue weighted by atomic mass is 10.0. The lowest BCUT2D eigenvalue weighted by molar-refractivity contribution is 0.612. The molecule has 0 saturated heterocycles. The van der Waals surface area contributed by atoms with Gasteiger partial charge in [-0.15, -0.1) is 0 Å². The molecule has 1 rings (SSSR count). The van der Waals surface area contributed by atoms with Crippen LogP contribution in [0, 0.1) is 5.82 Å². The first-order chi connectivity index (χ1) is 7.67. The van der Waals surface area contributed by atoms with Gasteiger partial charge in [-0.2, -0.15) is 0 Å². The van der Waals surface area contributed by atoms with E-state index in [-0.39, 0.29) is 5.82 Å². The largest absolute Gasteiger partial charge is 0.270 e. The molecule has 0 atom stereocenters. The Hall–Kier alpha value is -1.44. The molecule has 0 radical (unpaired) electrons. The second-order valence-corrected chi connectivity index (χ2v) is 3.88. The standard InChI is InChI=1S/C14H18FN/c1-4-5-12-7-9-13(14(15)10-12)8-6-11(2)16-3/h6-7,9-10H,3-5,8H2,1-2H3/b11-6-. The molecule has 0 heterocycles. The molecule has 0 aliphatic carbocycles. The summed E-state index contributed by atoms with van der Waals surface area (Å²) in [6.07, 6.45) is 4.42. The van der Waals surface area contributed by atoms with E-state index in [0.717, 1.165) is 24.1 Å². The molecule has 0 amide bonds. The first kappa shape index (κ1) is 12.6. The van der Waals surface area contributed by atoms with Crippen LogP contribution in [0.1, 0.15) is 31.4 Å². The SMILES string of the molecule is C=N/C(C)=C\Cc1ccc(CCC)cc1F.